The van der Waals surface area contributed by atoms with E-state index in [0.29, 0.717) is 5.82 Å². The van der Waals surface area contributed by atoms with Crippen LogP contribution >= 0.6 is 0 Å². The standard InChI is InChI=1S/C14H20N2O6S/c1-5-22-14(18)11-6-15-10(3)16-12(11)8-23(19,20)7-9(2)13(17)21-4/h6,9H,5,7-8H2,1-4H3. The van der Waals surface area contributed by atoms with Gasteiger partial charge in [-0.25, -0.2) is 23.2 Å². The van der Waals surface area contributed by atoms with Gasteiger partial charge in [0.25, 0.3) is 0 Å². The average Bonchev–Trinajstić information content (AvgIpc) is 2.45. The molecule has 1 heterocycles. The third kappa shape index (κ3) is 5.59. The number of carbonyl (C=O) groups is 2. The summed E-state index contributed by atoms with van der Waals surface area (Å²) in [5.41, 5.74) is 0.0692. The van der Waals surface area contributed by atoms with E-state index in [9.17, 15) is 18.0 Å². The molecule has 0 aliphatic carbocycles. The summed E-state index contributed by atoms with van der Waals surface area (Å²) >= 11 is 0. The number of esters is 2. The molecule has 0 fully saturated rings. The van der Waals surface area contributed by atoms with Crippen molar-refractivity contribution in [3.8, 4) is 0 Å². The molecule has 8 nitrogen and oxygen atoms in total. The molecule has 0 aliphatic heterocycles. The van der Waals surface area contributed by atoms with E-state index in [4.69, 9.17) is 4.74 Å². The van der Waals surface area contributed by atoms with Crippen molar-refractivity contribution in [1.29, 1.82) is 0 Å². The van der Waals surface area contributed by atoms with Crippen molar-refractivity contribution < 1.29 is 27.5 Å². The molecule has 1 rings (SSSR count). The molecule has 0 aliphatic rings. The average molecular weight is 344 g/mol. The maximum Gasteiger partial charge on any atom is 0.341 e. The van der Waals surface area contributed by atoms with Gasteiger partial charge in [-0.15, -0.1) is 0 Å². The van der Waals surface area contributed by atoms with Crippen molar-refractivity contribution in [2.45, 2.75) is 26.5 Å². The van der Waals surface area contributed by atoms with Crippen molar-refractivity contribution in [1.82, 2.24) is 9.97 Å². The van der Waals surface area contributed by atoms with Crippen LogP contribution in [0, 0.1) is 12.8 Å². The molecule has 0 bridgehead atoms. The Morgan fingerprint density at radius 1 is 1.35 bits per heavy atom. The van der Waals surface area contributed by atoms with Crippen LogP contribution in [0.15, 0.2) is 6.20 Å². The van der Waals surface area contributed by atoms with Crippen LogP contribution in [0.3, 0.4) is 0 Å². The lowest BCUT2D eigenvalue weighted by Crippen LogP contribution is -2.24. The van der Waals surface area contributed by atoms with Crippen molar-refractivity contribution in [3.63, 3.8) is 0 Å². The number of hydrogen-bond donors (Lipinski definition) is 0. The molecule has 1 aromatic heterocycles. The summed E-state index contributed by atoms with van der Waals surface area (Å²) in [5.74, 6) is -2.64. The van der Waals surface area contributed by atoms with Crippen LogP contribution in [-0.4, -0.2) is 49.8 Å². The van der Waals surface area contributed by atoms with Gasteiger partial charge in [0, 0.05) is 6.20 Å². The van der Waals surface area contributed by atoms with Gasteiger partial charge in [0.05, 0.1) is 36.8 Å². The number of carbonyl (C=O) groups excluding carboxylic acids is 2. The molecule has 0 aromatic carbocycles. The van der Waals surface area contributed by atoms with Gasteiger partial charge in [-0.1, -0.05) is 6.92 Å². The summed E-state index contributed by atoms with van der Waals surface area (Å²) in [4.78, 5) is 31.2. The van der Waals surface area contributed by atoms with Gasteiger partial charge >= 0.3 is 11.9 Å². The van der Waals surface area contributed by atoms with E-state index in [1.165, 1.54) is 20.2 Å². The Kier molecular flexibility index (Phi) is 6.62. The summed E-state index contributed by atoms with van der Waals surface area (Å²) in [5, 5.41) is 0. The zero-order chi connectivity index (χ0) is 17.6. The van der Waals surface area contributed by atoms with Crippen LogP contribution in [0.1, 0.15) is 35.7 Å². The fraction of sp³-hybridized carbons (Fsp3) is 0.571. The summed E-state index contributed by atoms with van der Waals surface area (Å²) in [7, 11) is -2.48. The highest BCUT2D eigenvalue weighted by Crippen LogP contribution is 2.14. The molecule has 0 saturated heterocycles. The first-order chi connectivity index (χ1) is 10.7. The number of rotatable bonds is 7. The highest BCUT2D eigenvalue weighted by Gasteiger charge is 2.26. The van der Waals surface area contributed by atoms with E-state index in [-0.39, 0.29) is 17.9 Å². The smallest absolute Gasteiger partial charge is 0.341 e. The van der Waals surface area contributed by atoms with Crippen LogP contribution < -0.4 is 0 Å². The van der Waals surface area contributed by atoms with E-state index >= 15 is 0 Å². The minimum atomic E-state index is -3.68. The Bertz CT molecular complexity index is 687. The lowest BCUT2D eigenvalue weighted by Gasteiger charge is -2.12. The van der Waals surface area contributed by atoms with Crippen molar-refractivity contribution >= 4 is 21.8 Å². The maximum absolute atomic E-state index is 12.3. The molecule has 23 heavy (non-hydrogen) atoms. The Hall–Kier alpha value is -2.03. The number of ether oxygens (including phenoxy) is 2. The Balaban J connectivity index is 3.05. The van der Waals surface area contributed by atoms with Crippen LogP contribution in [0.25, 0.3) is 0 Å². The number of aryl methyl sites for hydroxylation is 1. The topological polar surface area (TPSA) is 113 Å². The summed E-state index contributed by atoms with van der Waals surface area (Å²) in [6.07, 6.45) is 1.24. The highest BCUT2D eigenvalue weighted by atomic mass is 32.2. The van der Waals surface area contributed by atoms with Gasteiger partial charge in [0.15, 0.2) is 9.84 Å². The second-order valence-corrected chi connectivity index (χ2v) is 7.09. The predicted molar refractivity (Wildman–Crippen MR) is 81.4 cm³/mol. The van der Waals surface area contributed by atoms with Crippen molar-refractivity contribution in [2.75, 3.05) is 19.5 Å². The molecular weight excluding hydrogens is 324 g/mol. The monoisotopic (exact) mass is 344 g/mol. The van der Waals surface area contributed by atoms with E-state index in [2.05, 4.69) is 14.7 Å². The fourth-order valence-corrected chi connectivity index (χ4v) is 3.58. The number of hydrogen-bond acceptors (Lipinski definition) is 8. The van der Waals surface area contributed by atoms with E-state index in [1.807, 2.05) is 0 Å². The lowest BCUT2D eigenvalue weighted by atomic mass is 10.2. The van der Waals surface area contributed by atoms with E-state index in [1.54, 1.807) is 13.8 Å². The summed E-state index contributed by atoms with van der Waals surface area (Å²) < 4.78 is 33.9. The second-order valence-electron chi connectivity index (χ2n) is 4.98. The third-order valence-electron chi connectivity index (χ3n) is 2.95. The van der Waals surface area contributed by atoms with Crippen LogP contribution in [0.5, 0.6) is 0 Å². The van der Waals surface area contributed by atoms with Gasteiger partial charge in [-0.05, 0) is 13.8 Å². The molecule has 0 saturated carbocycles. The summed E-state index contributed by atoms with van der Waals surface area (Å²) in [6.45, 7) is 4.84. The molecule has 1 atom stereocenters. The van der Waals surface area contributed by atoms with E-state index in [0.717, 1.165) is 0 Å². The molecule has 0 amide bonds. The predicted octanol–water partition coefficient (Wildman–Crippen LogP) is 0.686. The number of methoxy groups -OCH3 is 1. The van der Waals surface area contributed by atoms with Crippen molar-refractivity contribution in [3.05, 3.63) is 23.3 Å². The maximum atomic E-state index is 12.3. The highest BCUT2D eigenvalue weighted by molar-refractivity contribution is 7.90. The molecular formula is C14H20N2O6S. The first kappa shape index (κ1) is 19.0. The molecule has 0 radical (unpaired) electrons. The van der Waals surface area contributed by atoms with E-state index < -0.39 is 39.2 Å². The SMILES string of the molecule is CCOC(=O)c1cnc(C)nc1CS(=O)(=O)CC(C)C(=O)OC. The Morgan fingerprint density at radius 2 is 2.00 bits per heavy atom. The summed E-state index contributed by atoms with van der Waals surface area (Å²) in [6, 6.07) is 0. The second kappa shape index (κ2) is 8.00. The first-order valence-corrected chi connectivity index (χ1v) is 8.80. The number of sulfone groups is 1. The Morgan fingerprint density at radius 3 is 2.57 bits per heavy atom. The minimum Gasteiger partial charge on any atom is -0.469 e. The van der Waals surface area contributed by atoms with Gasteiger partial charge < -0.3 is 9.47 Å². The fourth-order valence-electron chi connectivity index (χ4n) is 1.92. The minimum absolute atomic E-state index is 0.00625. The van der Waals surface area contributed by atoms with Gasteiger partial charge in [0.2, 0.25) is 0 Å². The largest absolute Gasteiger partial charge is 0.469 e. The van der Waals surface area contributed by atoms with Gasteiger partial charge in [0.1, 0.15) is 11.4 Å². The first-order valence-electron chi connectivity index (χ1n) is 6.98. The Labute approximate surface area is 135 Å². The van der Waals surface area contributed by atoms with Crippen LogP contribution in [0.2, 0.25) is 0 Å². The lowest BCUT2D eigenvalue weighted by molar-refractivity contribution is -0.144. The molecule has 1 unspecified atom stereocenters. The van der Waals surface area contributed by atoms with Gasteiger partial charge in [-0.2, -0.15) is 0 Å². The zero-order valence-electron chi connectivity index (χ0n) is 13.5. The van der Waals surface area contributed by atoms with Gasteiger partial charge in [-0.3, -0.25) is 4.79 Å². The molecule has 1 aromatic rings. The molecule has 0 spiro atoms. The van der Waals surface area contributed by atoms with Crippen LogP contribution in [0.4, 0.5) is 0 Å². The number of nitrogens with zero attached hydrogens (tertiary/aromatic N) is 2. The zero-order valence-corrected chi connectivity index (χ0v) is 14.3. The quantitative estimate of drug-likeness (QED) is 0.664. The van der Waals surface area contributed by atoms with Crippen molar-refractivity contribution in [2.24, 2.45) is 5.92 Å². The normalized spacial score (nSPS) is 12.5. The third-order valence-corrected chi connectivity index (χ3v) is 4.67. The molecule has 9 heteroatoms. The van der Waals surface area contributed by atoms with Crippen LogP contribution in [-0.2, 0) is 29.9 Å². The molecule has 128 valence electrons. The molecule has 0 N–H and O–H groups in total. The number of aromatic nitrogens is 2.